The van der Waals surface area contributed by atoms with Gasteiger partial charge in [0.2, 0.25) is 0 Å². The third-order valence-electron chi connectivity index (χ3n) is 5.02. The Balaban J connectivity index is 1.85. The zero-order chi connectivity index (χ0) is 24.9. The standard InChI is InChI=1S/C24H22F5NO3S/c1-3-14-5-8-16(9-6-14)21-17(23(34-30-21)24(27,28)29)13-33-22-18(25)11-15(12-19(22)26)7-10-20(31)32-4-2/h5-6,8-9,11-12H,3-4,7,10,13H2,1-2H3. The van der Waals surface area contributed by atoms with Crippen LogP contribution in [0.4, 0.5) is 22.0 Å². The van der Waals surface area contributed by atoms with Gasteiger partial charge in [0.25, 0.3) is 0 Å². The Bertz CT molecular complexity index is 1120. The summed E-state index contributed by atoms with van der Waals surface area (Å²) in [5.41, 5.74) is 1.39. The number of ether oxygens (including phenoxy) is 2. The zero-order valence-electron chi connectivity index (χ0n) is 18.5. The summed E-state index contributed by atoms with van der Waals surface area (Å²) in [6.07, 6.45) is -3.97. The molecular weight excluding hydrogens is 477 g/mol. The highest BCUT2D eigenvalue weighted by molar-refractivity contribution is 7.06. The van der Waals surface area contributed by atoms with E-state index in [1.807, 2.05) is 6.92 Å². The smallest absolute Gasteiger partial charge is 0.427 e. The zero-order valence-corrected chi connectivity index (χ0v) is 19.3. The maximum absolute atomic E-state index is 14.5. The Labute approximate surface area is 197 Å². The van der Waals surface area contributed by atoms with Gasteiger partial charge in [-0.2, -0.15) is 17.5 Å². The highest BCUT2D eigenvalue weighted by Gasteiger charge is 2.38. The molecule has 1 aromatic heterocycles. The molecule has 3 rings (SSSR count). The van der Waals surface area contributed by atoms with Gasteiger partial charge in [0.1, 0.15) is 11.5 Å². The summed E-state index contributed by atoms with van der Waals surface area (Å²) in [4.78, 5) is 10.5. The minimum absolute atomic E-state index is 0.0392. The van der Waals surface area contributed by atoms with Crippen LogP contribution in [0.2, 0.25) is 0 Å². The number of carbonyl (C=O) groups excluding carboxylic acids is 1. The Hall–Kier alpha value is -3.01. The monoisotopic (exact) mass is 499 g/mol. The van der Waals surface area contributed by atoms with E-state index in [0.717, 1.165) is 24.1 Å². The molecule has 0 aliphatic heterocycles. The molecule has 0 fully saturated rings. The fourth-order valence-electron chi connectivity index (χ4n) is 3.31. The average molecular weight is 500 g/mol. The van der Waals surface area contributed by atoms with Crippen molar-refractivity contribution >= 4 is 17.5 Å². The van der Waals surface area contributed by atoms with Crippen molar-refractivity contribution in [3.63, 3.8) is 0 Å². The van der Waals surface area contributed by atoms with Gasteiger partial charge in [0.15, 0.2) is 17.4 Å². The highest BCUT2D eigenvalue weighted by Crippen LogP contribution is 2.40. The molecule has 0 N–H and O–H groups in total. The lowest BCUT2D eigenvalue weighted by Crippen LogP contribution is -2.10. The van der Waals surface area contributed by atoms with E-state index in [-0.39, 0.29) is 47.8 Å². The number of halogens is 5. The van der Waals surface area contributed by atoms with Crippen molar-refractivity contribution in [2.75, 3.05) is 6.61 Å². The molecule has 0 radical (unpaired) electrons. The number of nitrogens with zero attached hydrogens (tertiary/aromatic N) is 1. The fraction of sp³-hybridized carbons (Fsp3) is 0.333. The SMILES string of the molecule is CCOC(=O)CCc1cc(F)c(OCc2c(-c3ccc(CC)cc3)nsc2C(F)(F)F)c(F)c1. The van der Waals surface area contributed by atoms with Crippen LogP contribution in [0.5, 0.6) is 5.75 Å². The van der Waals surface area contributed by atoms with Crippen molar-refractivity contribution in [3.8, 4) is 17.0 Å². The maximum atomic E-state index is 14.5. The molecule has 0 saturated carbocycles. The number of benzene rings is 2. The minimum Gasteiger partial charge on any atom is -0.483 e. The predicted octanol–water partition coefficient (Wildman–Crippen LogP) is 6.74. The third-order valence-corrected chi connectivity index (χ3v) is 5.96. The van der Waals surface area contributed by atoms with Gasteiger partial charge in [-0.25, -0.2) is 8.78 Å². The normalized spacial score (nSPS) is 11.5. The van der Waals surface area contributed by atoms with Crippen molar-refractivity contribution in [2.24, 2.45) is 0 Å². The molecule has 1 heterocycles. The highest BCUT2D eigenvalue weighted by atomic mass is 32.1. The molecule has 0 unspecified atom stereocenters. The molecule has 4 nitrogen and oxygen atoms in total. The average Bonchev–Trinajstić information content (AvgIpc) is 3.22. The second-order valence-electron chi connectivity index (χ2n) is 7.37. The molecular formula is C24H22F5NO3S. The minimum atomic E-state index is -4.70. The molecule has 182 valence electrons. The largest absolute Gasteiger partial charge is 0.483 e. The van der Waals surface area contributed by atoms with Crippen LogP contribution in [0.1, 0.15) is 41.8 Å². The Morgan fingerprint density at radius 1 is 1.03 bits per heavy atom. The van der Waals surface area contributed by atoms with E-state index in [0.29, 0.717) is 5.56 Å². The molecule has 3 aromatic rings. The van der Waals surface area contributed by atoms with Gasteiger partial charge in [0.05, 0.1) is 12.3 Å². The van der Waals surface area contributed by atoms with E-state index >= 15 is 0 Å². The molecule has 0 aliphatic carbocycles. The second kappa shape index (κ2) is 10.9. The molecule has 0 aliphatic rings. The van der Waals surface area contributed by atoms with Crippen molar-refractivity contribution in [2.45, 2.75) is 45.9 Å². The quantitative estimate of drug-likeness (QED) is 0.242. The van der Waals surface area contributed by atoms with Crippen LogP contribution in [0, 0.1) is 11.6 Å². The van der Waals surface area contributed by atoms with Gasteiger partial charge in [-0.05, 0) is 54.6 Å². The van der Waals surface area contributed by atoms with E-state index in [2.05, 4.69) is 4.37 Å². The summed E-state index contributed by atoms with van der Waals surface area (Å²) in [7, 11) is 0. The van der Waals surface area contributed by atoms with Gasteiger partial charge in [-0.15, -0.1) is 0 Å². The van der Waals surface area contributed by atoms with Gasteiger partial charge < -0.3 is 9.47 Å². The van der Waals surface area contributed by atoms with Crippen molar-refractivity contribution in [1.29, 1.82) is 0 Å². The molecule has 34 heavy (non-hydrogen) atoms. The first-order valence-corrected chi connectivity index (χ1v) is 11.3. The summed E-state index contributed by atoms with van der Waals surface area (Å²) >= 11 is 0.261. The lowest BCUT2D eigenvalue weighted by atomic mass is 10.0. The van der Waals surface area contributed by atoms with Gasteiger partial charge >= 0.3 is 12.1 Å². The van der Waals surface area contributed by atoms with Gasteiger partial charge in [0, 0.05) is 17.5 Å². The topological polar surface area (TPSA) is 48.4 Å². The number of alkyl halides is 3. The summed E-state index contributed by atoms with van der Waals surface area (Å²) in [6, 6.07) is 8.83. The first-order valence-electron chi connectivity index (χ1n) is 10.5. The summed E-state index contributed by atoms with van der Waals surface area (Å²) in [6.45, 7) is 3.05. The number of hydrogen-bond acceptors (Lipinski definition) is 5. The van der Waals surface area contributed by atoms with Crippen molar-refractivity contribution in [1.82, 2.24) is 4.37 Å². The molecule has 0 amide bonds. The van der Waals surface area contributed by atoms with Crippen LogP contribution in [-0.2, 0) is 35.2 Å². The number of esters is 1. The predicted molar refractivity (Wildman–Crippen MR) is 118 cm³/mol. The number of hydrogen-bond donors (Lipinski definition) is 0. The Morgan fingerprint density at radius 3 is 2.24 bits per heavy atom. The first kappa shape index (κ1) is 25.6. The van der Waals surface area contributed by atoms with Gasteiger partial charge in [-0.3, -0.25) is 4.79 Å². The van der Waals surface area contributed by atoms with Gasteiger partial charge in [-0.1, -0.05) is 31.2 Å². The van der Waals surface area contributed by atoms with E-state index in [1.54, 1.807) is 31.2 Å². The molecule has 0 spiro atoms. The van der Waals surface area contributed by atoms with Crippen LogP contribution in [0.3, 0.4) is 0 Å². The van der Waals surface area contributed by atoms with E-state index in [1.165, 1.54) is 0 Å². The lowest BCUT2D eigenvalue weighted by molar-refractivity contribution is -0.143. The number of rotatable bonds is 9. The summed E-state index contributed by atoms with van der Waals surface area (Å²) < 4.78 is 83.7. The summed E-state index contributed by atoms with van der Waals surface area (Å²) in [5.74, 6) is -3.46. The third kappa shape index (κ3) is 6.11. The van der Waals surface area contributed by atoms with Crippen molar-refractivity contribution in [3.05, 3.63) is 69.6 Å². The molecule has 0 atom stereocenters. The Morgan fingerprint density at radius 2 is 1.68 bits per heavy atom. The maximum Gasteiger partial charge on any atom is 0.427 e. The van der Waals surface area contributed by atoms with Crippen LogP contribution in [0.25, 0.3) is 11.3 Å². The molecule has 0 saturated heterocycles. The number of carbonyl (C=O) groups is 1. The lowest BCUT2D eigenvalue weighted by Gasteiger charge is -2.13. The van der Waals surface area contributed by atoms with Crippen molar-refractivity contribution < 1.29 is 36.2 Å². The van der Waals surface area contributed by atoms with Crippen LogP contribution < -0.4 is 4.74 Å². The fourth-order valence-corrected chi connectivity index (χ4v) is 4.08. The second-order valence-corrected chi connectivity index (χ2v) is 8.14. The van der Waals surface area contributed by atoms with E-state index < -0.39 is 41.0 Å². The molecule has 2 aromatic carbocycles. The molecule has 10 heteroatoms. The van der Waals surface area contributed by atoms with Crippen LogP contribution in [0.15, 0.2) is 36.4 Å². The number of aryl methyl sites for hydroxylation is 2. The van der Waals surface area contributed by atoms with Crippen LogP contribution >= 0.6 is 11.5 Å². The number of aromatic nitrogens is 1. The molecule has 0 bridgehead atoms. The van der Waals surface area contributed by atoms with E-state index in [9.17, 15) is 26.7 Å². The first-order chi connectivity index (χ1) is 16.1. The van der Waals surface area contributed by atoms with E-state index in [4.69, 9.17) is 9.47 Å². The Kier molecular flexibility index (Phi) is 8.24. The summed E-state index contributed by atoms with van der Waals surface area (Å²) in [5, 5.41) is 0. The van der Waals surface area contributed by atoms with Crippen LogP contribution in [-0.4, -0.2) is 16.9 Å².